The summed E-state index contributed by atoms with van der Waals surface area (Å²) in [4.78, 5) is 1.93. The summed E-state index contributed by atoms with van der Waals surface area (Å²) in [5, 5.41) is 4.19. The summed E-state index contributed by atoms with van der Waals surface area (Å²) in [5.74, 6) is 0.862. The van der Waals surface area contributed by atoms with Gasteiger partial charge in [-0.2, -0.15) is 11.3 Å². The lowest BCUT2D eigenvalue weighted by Crippen LogP contribution is -2.03. The molecule has 0 spiro atoms. The van der Waals surface area contributed by atoms with Gasteiger partial charge in [0.1, 0.15) is 5.75 Å². The Hall–Kier alpha value is -1.10. The van der Waals surface area contributed by atoms with Gasteiger partial charge in [0.25, 0.3) is 0 Å². The van der Waals surface area contributed by atoms with E-state index in [4.69, 9.17) is 9.47 Å². The number of rotatable bonds is 5. The van der Waals surface area contributed by atoms with Crippen LogP contribution in [0.4, 0.5) is 0 Å². The first kappa shape index (κ1) is 14.3. The summed E-state index contributed by atoms with van der Waals surface area (Å²) in [6.07, 6.45) is 0. The molecule has 0 radical (unpaired) electrons. The van der Waals surface area contributed by atoms with E-state index in [1.807, 2.05) is 24.0 Å². The Kier molecular flexibility index (Phi) is 5.19. The third-order valence-electron chi connectivity index (χ3n) is 2.76. The molecule has 0 aliphatic carbocycles. The van der Waals surface area contributed by atoms with Gasteiger partial charge in [0.15, 0.2) is 6.79 Å². The van der Waals surface area contributed by atoms with Crippen molar-refractivity contribution in [2.45, 2.75) is 6.92 Å². The van der Waals surface area contributed by atoms with E-state index in [0.29, 0.717) is 0 Å². The van der Waals surface area contributed by atoms with E-state index in [-0.39, 0.29) is 6.79 Å². The molecule has 0 fully saturated rings. The van der Waals surface area contributed by atoms with Crippen molar-refractivity contribution >= 4 is 32.8 Å². The molecule has 0 saturated heterocycles. The molecule has 2 nitrogen and oxygen atoms in total. The number of hydrogen-bond donors (Lipinski definition) is 0. The van der Waals surface area contributed by atoms with Gasteiger partial charge in [-0.05, 0) is 39.9 Å². The highest BCUT2D eigenvalue weighted by atomic mass is 79.9. The van der Waals surface area contributed by atoms with Crippen molar-refractivity contribution in [1.29, 1.82) is 0 Å². The number of para-hydroxylation sites is 1. The molecule has 0 bridgehead atoms. The number of ether oxygens (including phenoxy) is 2. The fourth-order valence-corrected chi connectivity index (χ4v) is 3.04. The SMILES string of the molecule is COCOc1c(C)cccc1C(=CBr)c1ccsc1. The van der Waals surface area contributed by atoms with Gasteiger partial charge in [0.05, 0.1) is 0 Å². The number of hydrogen-bond acceptors (Lipinski definition) is 3. The van der Waals surface area contributed by atoms with Gasteiger partial charge in [-0.15, -0.1) is 0 Å². The zero-order chi connectivity index (χ0) is 13.7. The van der Waals surface area contributed by atoms with Crippen LogP contribution in [0.3, 0.4) is 0 Å². The minimum absolute atomic E-state index is 0.247. The summed E-state index contributed by atoms with van der Waals surface area (Å²) in [6.45, 7) is 2.28. The Bertz CT molecular complexity index is 562. The molecule has 1 heterocycles. The smallest absolute Gasteiger partial charge is 0.188 e. The number of benzene rings is 1. The first-order valence-corrected chi connectivity index (χ1v) is 7.68. The van der Waals surface area contributed by atoms with Crippen molar-refractivity contribution in [3.8, 4) is 5.75 Å². The van der Waals surface area contributed by atoms with Crippen molar-refractivity contribution < 1.29 is 9.47 Å². The quantitative estimate of drug-likeness (QED) is 0.727. The Morgan fingerprint density at radius 2 is 2.21 bits per heavy atom. The fraction of sp³-hybridized carbons (Fsp3) is 0.200. The molecule has 19 heavy (non-hydrogen) atoms. The number of halogens is 1. The number of thiophene rings is 1. The van der Waals surface area contributed by atoms with Crippen molar-refractivity contribution in [3.05, 3.63) is 56.7 Å². The second kappa shape index (κ2) is 6.89. The van der Waals surface area contributed by atoms with Gasteiger partial charge in [-0.3, -0.25) is 0 Å². The van der Waals surface area contributed by atoms with Gasteiger partial charge in [-0.1, -0.05) is 34.1 Å². The second-order valence-electron chi connectivity index (χ2n) is 4.04. The predicted molar refractivity (Wildman–Crippen MR) is 84.0 cm³/mol. The van der Waals surface area contributed by atoms with Crippen molar-refractivity contribution in [2.75, 3.05) is 13.9 Å². The highest BCUT2D eigenvalue weighted by Gasteiger charge is 2.13. The highest BCUT2D eigenvalue weighted by Crippen LogP contribution is 2.35. The van der Waals surface area contributed by atoms with Crippen molar-refractivity contribution in [3.63, 3.8) is 0 Å². The van der Waals surface area contributed by atoms with Gasteiger partial charge < -0.3 is 9.47 Å². The van der Waals surface area contributed by atoms with Gasteiger partial charge >= 0.3 is 0 Å². The van der Waals surface area contributed by atoms with E-state index in [2.05, 4.69) is 38.8 Å². The zero-order valence-electron chi connectivity index (χ0n) is 10.9. The number of methoxy groups -OCH3 is 1. The molecule has 1 aromatic carbocycles. The van der Waals surface area contributed by atoms with E-state index in [1.165, 1.54) is 5.56 Å². The van der Waals surface area contributed by atoms with E-state index in [9.17, 15) is 0 Å². The molecular weight excluding hydrogens is 324 g/mol. The first-order chi connectivity index (χ1) is 9.27. The Balaban J connectivity index is 2.46. The van der Waals surface area contributed by atoms with Crippen molar-refractivity contribution in [2.24, 2.45) is 0 Å². The van der Waals surface area contributed by atoms with Crippen LogP contribution in [0.1, 0.15) is 16.7 Å². The minimum Gasteiger partial charge on any atom is -0.467 e. The summed E-state index contributed by atoms with van der Waals surface area (Å²) in [6, 6.07) is 8.23. The number of aryl methyl sites for hydroxylation is 1. The molecule has 0 unspecified atom stereocenters. The van der Waals surface area contributed by atoms with Crippen LogP contribution in [0.15, 0.2) is 40.0 Å². The lowest BCUT2D eigenvalue weighted by molar-refractivity contribution is 0.0504. The highest BCUT2D eigenvalue weighted by molar-refractivity contribution is 9.11. The van der Waals surface area contributed by atoms with Crippen LogP contribution in [-0.4, -0.2) is 13.9 Å². The molecule has 0 saturated carbocycles. The maximum absolute atomic E-state index is 5.72. The topological polar surface area (TPSA) is 18.5 Å². The lowest BCUT2D eigenvalue weighted by Gasteiger charge is -2.15. The van der Waals surface area contributed by atoms with Crippen LogP contribution < -0.4 is 4.74 Å². The molecule has 2 aromatic rings. The normalized spacial score (nSPS) is 11.6. The molecule has 1 aromatic heterocycles. The van der Waals surface area contributed by atoms with Gasteiger partial charge in [0.2, 0.25) is 0 Å². The molecule has 0 amide bonds. The van der Waals surface area contributed by atoms with E-state index >= 15 is 0 Å². The maximum Gasteiger partial charge on any atom is 0.188 e. The summed E-state index contributed by atoms with van der Waals surface area (Å²) < 4.78 is 10.7. The van der Waals surface area contributed by atoms with E-state index in [0.717, 1.165) is 22.4 Å². The average Bonchev–Trinajstić information content (AvgIpc) is 2.93. The largest absolute Gasteiger partial charge is 0.467 e. The standard InChI is InChI=1S/C15H15BrO2S/c1-11-4-3-5-13(15(11)18-10-17-2)14(8-16)12-6-7-19-9-12/h3-9H,10H2,1-2H3. The van der Waals surface area contributed by atoms with Crippen LogP contribution in [0.2, 0.25) is 0 Å². The molecule has 0 aliphatic rings. The van der Waals surface area contributed by atoms with E-state index < -0.39 is 0 Å². The first-order valence-electron chi connectivity index (χ1n) is 5.82. The van der Waals surface area contributed by atoms with Crippen LogP contribution in [-0.2, 0) is 4.74 Å². The molecule has 0 aliphatic heterocycles. The molecule has 100 valence electrons. The van der Waals surface area contributed by atoms with Gasteiger partial charge in [-0.25, -0.2) is 0 Å². The maximum atomic E-state index is 5.72. The van der Waals surface area contributed by atoms with Crippen LogP contribution >= 0.6 is 27.3 Å². The lowest BCUT2D eigenvalue weighted by atomic mass is 9.99. The Morgan fingerprint density at radius 3 is 2.84 bits per heavy atom. The van der Waals surface area contributed by atoms with Crippen LogP contribution in [0.25, 0.3) is 5.57 Å². The third-order valence-corrected chi connectivity index (χ3v) is 3.91. The summed E-state index contributed by atoms with van der Waals surface area (Å²) in [5.41, 5.74) is 4.44. The molecule has 0 N–H and O–H groups in total. The zero-order valence-corrected chi connectivity index (χ0v) is 13.3. The van der Waals surface area contributed by atoms with Crippen molar-refractivity contribution in [1.82, 2.24) is 0 Å². The summed E-state index contributed by atoms with van der Waals surface area (Å²) in [7, 11) is 1.62. The Labute approximate surface area is 125 Å². The average molecular weight is 339 g/mol. The van der Waals surface area contributed by atoms with Gasteiger partial charge in [0, 0.05) is 18.2 Å². The summed E-state index contributed by atoms with van der Waals surface area (Å²) >= 11 is 5.14. The third kappa shape index (κ3) is 3.26. The fourth-order valence-electron chi connectivity index (χ4n) is 1.87. The molecule has 0 atom stereocenters. The predicted octanol–water partition coefficient (Wildman–Crippen LogP) is 4.82. The van der Waals surface area contributed by atoms with Crippen LogP contribution in [0, 0.1) is 6.92 Å². The Morgan fingerprint density at radius 1 is 1.37 bits per heavy atom. The van der Waals surface area contributed by atoms with Crippen LogP contribution in [0.5, 0.6) is 5.75 Å². The molecule has 2 rings (SSSR count). The minimum atomic E-state index is 0.247. The molecular formula is C15H15BrO2S. The van der Waals surface area contributed by atoms with E-state index in [1.54, 1.807) is 18.4 Å². The second-order valence-corrected chi connectivity index (χ2v) is 5.28. The molecule has 4 heteroatoms. The monoisotopic (exact) mass is 338 g/mol.